The number of hydrogen-bond acceptors (Lipinski definition) is 8. The molecule has 1 fully saturated rings. The normalized spacial score (nSPS) is 13.2. The summed E-state index contributed by atoms with van der Waals surface area (Å²) in [5.41, 5.74) is 1.86. The lowest BCUT2D eigenvalue weighted by Gasteiger charge is -2.37. The Balaban J connectivity index is 0.000000752. The molecule has 2 heterocycles. The second kappa shape index (κ2) is 23.5. The third-order valence-corrected chi connectivity index (χ3v) is 6.81. The molecule has 1 aliphatic heterocycles. The third-order valence-electron chi connectivity index (χ3n) is 6.25. The number of β-amino-alcohol motifs (C(OH)–C–C–N with tert-alkyl or cyclic N) is 1. The molecule has 10 heteroatoms. The maximum atomic E-state index is 12.0. The van der Waals surface area contributed by atoms with Crippen LogP contribution < -0.4 is 9.64 Å². The molecule has 1 saturated heterocycles. The number of esters is 1. The smallest absolute Gasteiger partial charge is 0.339 e. The fourth-order valence-corrected chi connectivity index (χ4v) is 4.47. The summed E-state index contributed by atoms with van der Waals surface area (Å²) >= 11 is 12.0. The highest BCUT2D eigenvalue weighted by atomic mass is 35.5. The summed E-state index contributed by atoms with van der Waals surface area (Å²) in [6, 6.07) is 18.3. The molecule has 3 aromatic rings. The molecule has 1 aliphatic rings. The molecule has 1 aromatic heterocycles. The zero-order valence-corrected chi connectivity index (χ0v) is 28.2. The first kappa shape index (κ1) is 39.1. The second-order valence-corrected chi connectivity index (χ2v) is 10.1. The monoisotopic (exact) mass is 649 g/mol. The SMILES string of the molecule is CC.CC.CCCCOC(=O)c1ccc(C(O)CN2CCN(c3ccc(OCCO)cc3Cl)CC2)nc1.Clc1ccccc1. The molecule has 0 saturated carbocycles. The number of ether oxygens (including phenoxy) is 2. The van der Waals surface area contributed by atoms with Crippen molar-refractivity contribution in [3.63, 3.8) is 0 Å². The van der Waals surface area contributed by atoms with Crippen molar-refractivity contribution in [3.8, 4) is 5.75 Å². The largest absolute Gasteiger partial charge is 0.491 e. The van der Waals surface area contributed by atoms with Crippen LogP contribution in [-0.2, 0) is 4.74 Å². The van der Waals surface area contributed by atoms with E-state index in [-0.39, 0.29) is 19.2 Å². The quantitative estimate of drug-likeness (QED) is 0.165. The van der Waals surface area contributed by atoms with Gasteiger partial charge < -0.3 is 24.6 Å². The van der Waals surface area contributed by atoms with Crippen LogP contribution in [0.2, 0.25) is 10.0 Å². The standard InChI is InChI=1S/C24H32ClN3O5.C6H5Cl.2C2H6/c1-2-3-13-33-24(31)18-4-6-21(26-16-18)23(30)17-27-8-10-28(11-9-27)22-7-5-19(15-20(22)25)32-14-12-29;7-6-4-2-1-3-5-6;2*1-2/h4-7,15-16,23,29-30H,2-3,8-14,17H2,1H3;1-5H;2*1-2H3. The lowest BCUT2D eigenvalue weighted by Crippen LogP contribution is -2.47. The number of anilines is 1. The average Bonchev–Trinajstić information content (AvgIpc) is 3.07. The van der Waals surface area contributed by atoms with Gasteiger partial charge in [0.1, 0.15) is 18.5 Å². The van der Waals surface area contributed by atoms with E-state index in [1.54, 1.807) is 18.2 Å². The molecule has 0 aliphatic carbocycles. The number of unbranched alkanes of at least 4 members (excludes halogenated alkanes) is 1. The molecule has 0 radical (unpaired) electrons. The summed E-state index contributed by atoms with van der Waals surface area (Å²) in [7, 11) is 0. The Labute approximate surface area is 273 Å². The number of aliphatic hydroxyl groups is 2. The lowest BCUT2D eigenvalue weighted by molar-refractivity contribution is 0.0498. The fourth-order valence-electron chi connectivity index (χ4n) is 4.04. The van der Waals surface area contributed by atoms with Gasteiger partial charge in [-0.25, -0.2) is 4.79 Å². The van der Waals surface area contributed by atoms with Crippen LogP contribution >= 0.6 is 23.2 Å². The molecule has 0 amide bonds. The maximum Gasteiger partial charge on any atom is 0.339 e. The summed E-state index contributed by atoms with van der Waals surface area (Å²) in [6.45, 7) is 14.2. The molecule has 44 heavy (non-hydrogen) atoms. The van der Waals surface area contributed by atoms with Gasteiger partial charge in [0.25, 0.3) is 0 Å². The Bertz CT molecular complexity index is 1160. The molecule has 1 unspecified atom stereocenters. The van der Waals surface area contributed by atoms with Gasteiger partial charge in [-0.05, 0) is 42.8 Å². The number of benzene rings is 2. The zero-order valence-electron chi connectivity index (χ0n) is 26.7. The number of rotatable bonds is 11. The van der Waals surface area contributed by atoms with E-state index in [0.717, 1.165) is 49.7 Å². The van der Waals surface area contributed by atoms with Gasteiger partial charge >= 0.3 is 5.97 Å². The van der Waals surface area contributed by atoms with Gasteiger partial charge in [0.05, 0.1) is 35.2 Å². The summed E-state index contributed by atoms with van der Waals surface area (Å²) in [5.74, 6) is 0.243. The number of carbonyl (C=O) groups excluding carboxylic acids is 1. The third kappa shape index (κ3) is 14.3. The van der Waals surface area contributed by atoms with Gasteiger partial charge in [0.2, 0.25) is 0 Å². The van der Waals surface area contributed by atoms with Crippen LogP contribution in [0.4, 0.5) is 5.69 Å². The van der Waals surface area contributed by atoms with Crippen LogP contribution in [0.3, 0.4) is 0 Å². The molecular weight excluding hydrogens is 601 g/mol. The first-order chi connectivity index (χ1) is 21.4. The van der Waals surface area contributed by atoms with Gasteiger partial charge in [-0.15, -0.1) is 0 Å². The van der Waals surface area contributed by atoms with Crippen molar-refractivity contribution in [3.05, 3.63) is 88.2 Å². The molecule has 2 N–H and O–H groups in total. The number of nitrogens with zero attached hydrogens (tertiary/aromatic N) is 3. The van der Waals surface area contributed by atoms with Crippen LogP contribution in [0.25, 0.3) is 0 Å². The van der Waals surface area contributed by atoms with E-state index in [4.69, 9.17) is 37.8 Å². The number of carbonyl (C=O) groups is 1. The van der Waals surface area contributed by atoms with Crippen LogP contribution in [0, 0.1) is 0 Å². The van der Waals surface area contributed by atoms with Crippen LogP contribution in [0.15, 0.2) is 66.9 Å². The van der Waals surface area contributed by atoms with Crippen molar-refractivity contribution < 1.29 is 24.5 Å². The van der Waals surface area contributed by atoms with Crippen molar-refractivity contribution in [1.29, 1.82) is 0 Å². The minimum Gasteiger partial charge on any atom is -0.491 e. The Morgan fingerprint density at radius 2 is 1.64 bits per heavy atom. The van der Waals surface area contributed by atoms with Crippen molar-refractivity contribution in [2.24, 2.45) is 0 Å². The highest BCUT2D eigenvalue weighted by molar-refractivity contribution is 6.33. The van der Waals surface area contributed by atoms with E-state index in [2.05, 4.69) is 14.8 Å². The van der Waals surface area contributed by atoms with E-state index in [9.17, 15) is 9.90 Å². The molecule has 1 atom stereocenters. The van der Waals surface area contributed by atoms with Crippen molar-refractivity contribution in [1.82, 2.24) is 9.88 Å². The van der Waals surface area contributed by atoms with Crippen LogP contribution in [0.1, 0.15) is 69.6 Å². The Morgan fingerprint density at radius 1 is 0.955 bits per heavy atom. The zero-order chi connectivity index (χ0) is 32.7. The summed E-state index contributed by atoms with van der Waals surface area (Å²) in [6.07, 6.45) is 2.51. The Morgan fingerprint density at radius 3 is 2.16 bits per heavy atom. The number of hydrogen-bond donors (Lipinski definition) is 2. The lowest BCUT2D eigenvalue weighted by atomic mass is 10.1. The number of aliphatic hydroxyl groups excluding tert-OH is 2. The molecule has 2 aromatic carbocycles. The summed E-state index contributed by atoms with van der Waals surface area (Å²) < 4.78 is 10.6. The molecule has 8 nitrogen and oxygen atoms in total. The fraction of sp³-hybridized carbons (Fsp3) is 0.471. The minimum absolute atomic E-state index is 0.0432. The van der Waals surface area contributed by atoms with E-state index in [1.807, 2.05) is 77.1 Å². The van der Waals surface area contributed by atoms with Crippen LogP contribution in [-0.4, -0.2) is 78.6 Å². The van der Waals surface area contributed by atoms with Gasteiger partial charge in [0, 0.05) is 50.0 Å². The van der Waals surface area contributed by atoms with Crippen molar-refractivity contribution in [2.45, 2.75) is 53.6 Å². The molecular formula is C34H49Cl2N3O5. The Hall–Kier alpha value is -2.88. The topological polar surface area (TPSA) is 95.4 Å². The van der Waals surface area contributed by atoms with E-state index < -0.39 is 6.10 Å². The highest BCUT2D eigenvalue weighted by Crippen LogP contribution is 2.31. The Kier molecular flexibility index (Phi) is 20.9. The predicted molar refractivity (Wildman–Crippen MR) is 181 cm³/mol. The minimum atomic E-state index is -0.742. The highest BCUT2D eigenvalue weighted by Gasteiger charge is 2.22. The van der Waals surface area contributed by atoms with Gasteiger partial charge in [-0.1, -0.05) is 82.4 Å². The number of pyridine rings is 1. The summed E-state index contributed by atoms with van der Waals surface area (Å²) in [5, 5.41) is 20.9. The molecule has 0 spiro atoms. The van der Waals surface area contributed by atoms with Crippen molar-refractivity contribution >= 4 is 34.9 Å². The van der Waals surface area contributed by atoms with E-state index in [0.29, 0.717) is 35.2 Å². The first-order valence-electron chi connectivity index (χ1n) is 15.4. The first-order valence-corrected chi connectivity index (χ1v) is 16.2. The van der Waals surface area contributed by atoms with Gasteiger partial charge in [-0.3, -0.25) is 9.88 Å². The maximum absolute atomic E-state index is 12.0. The predicted octanol–water partition coefficient (Wildman–Crippen LogP) is 7.31. The number of halogens is 2. The van der Waals surface area contributed by atoms with E-state index in [1.165, 1.54) is 6.20 Å². The van der Waals surface area contributed by atoms with Gasteiger partial charge in [-0.2, -0.15) is 0 Å². The summed E-state index contributed by atoms with van der Waals surface area (Å²) in [4.78, 5) is 20.6. The average molecular weight is 651 g/mol. The van der Waals surface area contributed by atoms with Crippen LogP contribution in [0.5, 0.6) is 5.75 Å². The molecule has 4 rings (SSSR count). The second-order valence-electron chi connectivity index (χ2n) is 9.25. The number of piperazine rings is 1. The molecule has 244 valence electrons. The van der Waals surface area contributed by atoms with E-state index >= 15 is 0 Å². The molecule has 0 bridgehead atoms. The van der Waals surface area contributed by atoms with Crippen molar-refractivity contribution in [2.75, 3.05) is 57.4 Å². The van der Waals surface area contributed by atoms with Gasteiger partial charge in [0.15, 0.2) is 0 Å². The number of aromatic nitrogens is 1.